The Morgan fingerprint density at radius 1 is 1.22 bits per heavy atom. The van der Waals surface area contributed by atoms with E-state index in [1.165, 1.54) is 0 Å². The molecular formula is C12H12F2N4. The highest BCUT2D eigenvalue weighted by Crippen LogP contribution is 2.21. The van der Waals surface area contributed by atoms with Crippen molar-refractivity contribution in [2.24, 2.45) is 0 Å². The molecule has 0 radical (unpaired) electrons. The highest BCUT2D eigenvalue weighted by atomic mass is 19.1. The smallest absolute Gasteiger partial charge is 0.168 e. The van der Waals surface area contributed by atoms with Crippen LogP contribution in [0.1, 0.15) is 18.5 Å². The molecule has 0 fully saturated rings. The maximum atomic E-state index is 13.5. The summed E-state index contributed by atoms with van der Waals surface area (Å²) in [4.78, 5) is 7.53. The molecule has 4 nitrogen and oxygen atoms in total. The van der Waals surface area contributed by atoms with Gasteiger partial charge in [0.2, 0.25) is 0 Å². The zero-order valence-corrected chi connectivity index (χ0v) is 9.69. The van der Waals surface area contributed by atoms with E-state index in [1.807, 2.05) is 6.92 Å². The predicted octanol–water partition coefficient (Wildman–Crippen LogP) is 2.51. The number of anilines is 2. The minimum absolute atomic E-state index is 0.0711. The van der Waals surface area contributed by atoms with Crippen LogP contribution in [0.2, 0.25) is 0 Å². The SMILES string of the molecule is CC(Nc1nc(N)c(F)cc1F)c1ccncc1. The number of hydrogen-bond acceptors (Lipinski definition) is 4. The molecule has 94 valence electrons. The molecule has 0 aliphatic carbocycles. The Morgan fingerprint density at radius 3 is 2.56 bits per heavy atom. The normalized spacial score (nSPS) is 12.2. The Labute approximate surface area is 103 Å². The van der Waals surface area contributed by atoms with E-state index < -0.39 is 11.6 Å². The van der Waals surface area contributed by atoms with Gasteiger partial charge in [-0.25, -0.2) is 13.8 Å². The number of aromatic nitrogens is 2. The van der Waals surface area contributed by atoms with Gasteiger partial charge in [0, 0.05) is 18.5 Å². The second-order valence-electron chi connectivity index (χ2n) is 3.83. The first-order valence-electron chi connectivity index (χ1n) is 5.36. The van der Waals surface area contributed by atoms with Gasteiger partial charge in [0.15, 0.2) is 23.3 Å². The van der Waals surface area contributed by atoms with Crippen molar-refractivity contribution in [3.8, 4) is 0 Å². The van der Waals surface area contributed by atoms with Crippen LogP contribution in [0, 0.1) is 11.6 Å². The van der Waals surface area contributed by atoms with Gasteiger partial charge in [-0.2, -0.15) is 0 Å². The van der Waals surface area contributed by atoms with E-state index in [-0.39, 0.29) is 17.7 Å². The molecule has 0 saturated carbocycles. The summed E-state index contributed by atoms with van der Waals surface area (Å²) >= 11 is 0. The molecule has 0 aromatic carbocycles. The van der Waals surface area contributed by atoms with Gasteiger partial charge in [0.25, 0.3) is 0 Å². The van der Waals surface area contributed by atoms with E-state index in [0.717, 1.165) is 5.56 Å². The molecule has 3 N–H and O–H groups in total. The fourth-order valence-electron chi connectivity index (χ4n) is 1.52. The fraction of sp³-hybridized carbons (Fsp3) is 0.167. The van der Waals surface area contributed by atoms with Gasteiger partial charge in [-0.3, -0.25) is 4.98 Å². The minimum Gasteiger partial charge on any atom is -0.381 e. The molecule has 0 bridgehead atoms. The maximum Gasteiger partial charge on any atom is 0.168 e. The van der Waals surface area contributed by atoms with Gasteiger partial charge in [0.05, 0.1) is 6.04 Å². The van der Waals surface area contributed by atoms with Crippen LogP contribution in [0.4, 0.5) is 20.4 Å². The lowest BCUT2D eigenvalue weighted by Gasteiger charge is -2.15. The van der Waals surface area contributed by atoms with Crippen molar-refractivity contribution in [1.29, 1.82) is 0 Å². The first kappa shape index (κ1) is 12.2. The number of rotatable bonds is 3. The first-order chi connectivity index (χ1) is 8.58. The van der Waals surface area contributed by atoms with Crippen molar-refractivity contribution in [1.82, 2.24) is 9.97 Å². The fourth-order valence-corrected chi connectivity index (χ4v) is 1.52. The van der Waals surface area contributed by atoms with Crippen LogP contribution < -0.4 is 11.1 Å². The summed E-state index contributed by atoms with van der Waals surface area (Å²) < 4.78 is 26.4. The molecule has 0 spiro atoms. The van der Waals surface area contributed by atoms with Crippen LogP contribution in [0.5, 0.6) is 0 Å². The van der Waals surface area contributed by atoms with E-state index >= 15 is 0 Å². The Kier molecular flexibility index (Phi) is 3.36. The lowest BCUT2D eigenvalue weighted by atomic mass is 10.1. The van der Waals surface area contributed by atoms with Crippen molar-refractivity contribution in [2.75, 3.05) is 11.1 Å². The number of nitrogens with one attached hydrogen (secondary N) is 1. The van der Waals surface area contributed by atoms with E-state index in [1.54, 1.807) is 24.5 Å². The largest absolute Gasteiger partial charge is 0.381 e. The van der Waals surface area contributed by atoms with Crippen molar-refractivity contribution in [3.63, 3.8) is 0 Å². The summed E-state index contributed by atoms with van der Waals surface area (Å²) in [6, 6.07) is 4.11. The molecule has 2 rings (SSSR count). The van der Waals surface area contributed by atoms with E-state index in [4.69, 9.17) is 5.73 Å². The number of nitrogens with zero attached hydrogens (tertiary/aromatic N) is 2. The molecule has 0 amide bonds. The zero-order valence-electron chi connectivity index (χ0n) is 9.69. The Hall–Kier alpha value is -2.24. The maximum absolute atomic E-state index is 13.5. The third kappa shape index (κ3) is 2.53. The number of nitrogen functional groups attached to an aromatic ring is 1. The van der Waals surface area contributed by atoms with E-state index in [0.29, 0.717) is 6.07 Å². The highest BCUT2D eigenvalue weighted by molar-refractivity contribution is 5.46. The average Bonchev–Trinajstić information content (AvgIpc) is 2.37. The summed E-state index contributed by atoms with van der Waals surface area (Å²) in [5.41, 5.74) is 6.21. The van der Waals surface area contributed by atoms with Gasteiger partial charge in [-0.05, 0) is 24.6 Å². The molecule has 1 unspecified atom stereocenters. The Morgan fingerprint density at radius 2 is 1.89 bits per heavy atom. The summed E-state index contributed by atoms with van der Waals surface area (Å²) in [5, 5.41) is 2.83. The molecule has 0 saturated heterocycles. The molecule has 2 heterocycles. The molecular weight excluding hydrogens is 238 g/mol. The molecule has 6 heteroatoms. The van der Waals surface area contributed by atoms with Crippen molar-refractivity contribution in [2.45, 2.75) is 13.0 Å². The predicted molar refractivity (Wildman–Crippen MR) is 64.8 cm³/mol. The third-order valence-corrected chi connectivity index (χ3v) is 2.52. The van der Waals surface area contributed by atoms with Gasteiger partial charge >= 0.3 is 0 Å². The van der Waals surface area contributed by atoms with Crippen LogP contribution in [-0.4, -0.2) is 9.97 Å². The number of halogens is 2. The second kappa shape index (κ2) is 4.95. The molecule has 2 aromatic heterocycles. The van der Waals surface area contributed by atoms with Crippen molar-refractivity contribution < 1.29 is 8.78 Å². The third-order valence-electron chi connectivity index (χ3n) is 2.52. The molecule has 1 atom stereocenters. The van der Waals surface area contributed by atoms with Gasteiger partial charge in [-0.15, -0.1) is 0 Å². The van der Waals surface area contributed by atoms with Gasteiger partial charge < -0.3 is 11.1 Å². The molecule has 2 aromatic rings. The number of hydrogen-bond donors (Lipinski definition) is 2. The summed E-state index contributed by atoms with van der Waals surface area (Å²) in [7, 11) is 0. The monoisotopic (exact) mass is 250 g/mol. The summed E-state index contributed by atoms with van der Waals surface area (Å²) in [6.07, 6.45) is 3.27. The zero-order chi connectivity index (χ0) is 13.1. The molecule has 0 aliphatic rings. The molecule has 0 aliphatic heterocycles. The lowest BCUT2D eigenvalue weighted by Crippen LogP contribution is -2.11. The highest BCUT2D eigenvalue weighted by Gasteiger charge is 2.12. The van der Waals surface area contributed by atoms with E-state index in [9.17, 15) is 8.78 Å². The molecule has 18 heavy (non-hydrogen) atoms. The van der Waals surface area contributed by atoms with Crippen molar-refractivity contribution in [3.05, 3.63) is 47.8 Å². The summed E-state index contributed by atoms with van der Waals surface area (Å²) in [6.45, 7) is 1.83. The average molecular weight is 250 g/mol. The van der Waals surface area contributed by atoms with Gasteiger partial charge in [-0.1, -0.05) is 0 Å². The topological polar surface area (TPSA) is 63.8 Å². The van der Waals surface area contributed by atoms with Crippen LogP contribution in [-0.2, 0) is 0 Å². The Balaban J connectivity index is 2.22. The minimum atomic E-state index is -0.866. The lowest BCUT2D eigenvalue weighted by molar-refractivity contribution is 0.578. The second-order valence-corrected chi connectivity index (χ2v) is 3.83. The quantitative estimate of drug-likeness (QED) is 0.878. The standard InChI is InChI=1S/C12H12F2N4/c1-7(8-2-4-16-5-3-8)17-12-10(14)6-9(13)11(15)18-12/h2-7H,1H3,(H3,15,17,18). The van der Waals surface area contributed by atoms with Crippen LogP contribution in [0.3, 0.4) is 0 Å². The van der Waals surface area contributed by atoms with Crippen LogP contribution in [0.15, 0.2) is 30.6 Å². The first-order valence-corrected chi connectivity index (χ1v) is 5.36. The van der Waals surface area contributed by atoms with Gasteiger partial charge in [0.1, 0.15) is 0 Å². The Bertz CT molecular complexity index is 545. The number of pyridine rings is 2. The summed E-state index contributed by atoms with van der Waals surface area (Å²) in [5.74, 6) is -2.05. The van der Waals surface area contributed by atoms with Crippen molar-refractivity contribution >= 4 is 11.6 Å². The van der Waals surface area contributed by atoms with E-state index in [2.05, 4.69) is 15.3 Å². The van der Waals surface area contributed by atoms with Crippen LogP contribution in [0.25, 0.3) is 0 Å². The number of nitrogens with two attached hydrogens (primary N) is 1. The van der Waals surface area contributed by atoms with Crippen LogP contribution >= 0.6 is 0 Å².